The SMILES string of the molecule is CC(O)CN(C)Cc1ncc(-c2ccc(Cl)cc2)o1. The molecule has 5 heteroatoms. The molecule has 0 fully saturated rings. The number of aromatic nitrogens is 1. The predicted octanol–water partition coefficient (Wildman–Crippen LogP) is 2.81. The maximum absolute atomic E-state index is 9.30. The maximum Gasteiger partial charge on any atom is 0.209 e. The molecule has 2 aromatic rings. The van der Waals surface area contributed by atoms with Crippen molar-refractivity contribution in [3.63, 3.8) is 0 Å². The third-order valence-corrected chi connectivity index (χ3v) is 2.92. The van der Waals surface area contributed by atoms with E-state index in [4.69, 9.17) is 16.0 Å². The van der Waals surface area contributed by atoms with Crippen LogP contribution in [0.1, 0.15) is 12.8 Å². The maximum atomic E-state index is 9.30. The van der Waals surface area contributed by atoms with Crippen LogP contribution in [0.25, 0.3) is 11.3 Å². The summed E-state index contributed by atoms with van der Waals surface area (Å²) >= 11 is 5.85. The first-order valence-electron chi connectivity index (χ1n) is 6.12. The van der Waals surface area contributed by atoms with Crippen molar-refractivity contribution >= 4 is 11.6 Å². The summed E-state index contributed by atoms with van der Waals surface area (Å²) in [5.41, 5.74) is 0.946. The molecule has 2 rings (SSSR count). The fourth-order valence-electron chi connectivity index (χ4n) is 1.88. The van der Waals surface area contributed by atoms with E-state index in [1.807, 2.05) is 36.2 Å². The molecule has 102 valence electrons. The number of benzene rings is 1. The first-order valence-corrected chi connectivity index (χ1v) is 6.49. The topological polar surface area (TPSA) is 49.5 Å². The van der Waals surface area contributed by atoms with Crippen LogP contribution in [-0.4, -0.2) is 34.7 Å². The average molecular weight is 281 g/mol. The second-order valence-electron chi connectivity index (χ2n) is 4.67. The molecule has 1 aromatic carbocycles. The van der Waals surface area contributed by atoms with Crippen LogP contribution in [0.2, 0.25) is 5.02 Å². The summed E-state index contributed by atoms with van der Waals surface area (Å²) in [5.74, 6) is 1.35. The van der Waals surface area contributed by atoms with Gasteiger partial charge in [0, 0.05) is 17.1 Å². The molecule has 0 aliphatic rings. The molecule has 0 aliphatic heterocycles. The highest BCUT2D eigenvalue weighted by molar-refractivity contribution is 6.30. The summed E-state index contributed by atoms with van der Waals surface area (Å²) in [6.07, 6.45) is 1.34. The summed E-state index contributed by atoms with van der Waals surface area (Å²) in [6, 6.07) is 7.43. The fraction of sp³-hybridized carbons (Fsp3) is 0.357. The molecule has 0 radical (unpaired) electrons. The Morgan fingerprint density at radius 3 is 2.68 bits per heavy atom. The molecule has 1 N–H and O–H groups in total. The Morgan fingerprint density at radius 1 is 1.37 bits per heavy atom. The molecule has 19 heavy (non-hydrogen) atoms. The van der Waals surface area contributed by atoms with Gasteiger partial charge in [0.15, 0.2) is 5.76 Å². The van der Waals surface area contributed by atoms with Crippen LogP contribution in [0.3, 0.4) is 0 Å². The molecular formula is C14H17ClN2O2. The van der Waals surface area contributed by atoms with Crippen LogP contribution >= 0.6 is 11.6 Å². The lowest BCUT2D eigenvalue weighted by molar-refractivity contribution is 0.133. The number of halogens is 1. The number of likely N-dealkylation sites (N-methyl/N-ethyl adjacent to an activating group) is 1. The van der Waals surface area contributed by atoms with Crippen molar-refractivity contribution in [2.75, 3.05) is 13.6 Å². The first-order chi connectivity index (χ1) is 9.04. The molecule has 0 saturated carbocycles. The van der Waals surface area contributed by atoms with Gasteiger partial charge in [-0.25, -0.2) is 4.98 Å². The van der Waals surface area contributed by atoms with Crippen molar-refractivity contribution in [2.24, 2.45) is 0 Å². The number of nitrogens with zero attached hydrogens (tertiary/aromatic N) is 2. The molecule has 0 amide bonds. The lowest BCUT2D eigenvalue weighted by Gasteiger charge is -2.15. The van der Waals surface area contributed by atoms with E-state index in [0.717, 1.165) is 11.3 Å². The van der Waals surface area contributed by atoms with Gasteiger partial charge in [0.1, 0.15) is 0 Å². The van der Waals surface area contributed by atoms with Gasteiger partial charge in [-0.3, -0.25) is 4.90 Å². The second-order valence-corrected chi connectivity index (χ2v) is 5.11. The largest absolute Gasteiger partial charge is 0.439 e. The number of oxazole rings is 1. The minimum atomic E-state index is -0.365. The standard InChI is InChI=1S/C14H17ClN2O2/c1-10(18)8-17(2)9-14-16-7-13(19-14)11-3-5-12(15)6-4-11/h3-7,10,18H,8-9H2,1-2H3. The van der Waals surface area contributed by atoms with Gasteiger partial charge in [0.2, 0.25) is 5.89 Å². The minimum absolute atomic E-state index is 0.365. The van der Waals surface area contributed by atoms with Gasteiger partial charge in [-0.15, -0.1) is 0 Å². The van der Waals surface area contributed by atoms with Gasteiger partial charge < -0.3 is 9.52 Å². The van der Waals surface area contributed by atoms with Crippen molar-refractivity contribution in [1.82, 2.24) is 9.88 Å². The number of aliphatic hydroxyl groups is 1. The van der Waals surface area contributed by atoms with Crippen LogP contribution in [0.15, 0.2) is 34.9 Å². The Labute approximate surface area is 117 Å². The second kappa shape index (κ2) is 6.19. The smallest absolute Gasteiger partial charge is 0.209 e. The van der Waals surface area contributed by atoms with E-state index in [1.54, 1.807) is 13.1 Å². The molecule has 1 atom stereocenters. The Balaban J connectivity index is 2.04. The predicted molar refractivity (Wildman–Crippen MR) is 75.0 cm³/mol. The number of hydrogen-bond acceptors (Lipinski definition) is 4. The molecule has 0 aliphatic carbocycles. The number of aliphatic hydroxyl groups excluding tert-OH is 1. The summed E-state index contributed by atoms with van der Waals surface area (Å²) in [4.78, 5) is 6.20. The summed E-state index contributed by atoms with van der Waals surface area (Å²) < 4.78 is 5.68. The van der Waals surface area contributed by atoms with Crippen LogP contribution in [0, 0.1) is 0 Å². The third kappa shape index (κ3) is 4.06. The molecular weight excluding hydrogens is 264 g/mol. The highest BCUT2D eigenvalue weighted by Gasteiger charge is 2.10. The van der Waals surface area contributed by atoms with Gasteiger partial charge in [0.25, 0.3) is 0 Å². The summed E-state index contributed by atoms with van der Waals surface area (Å²) in [7, 11) is 1.92. The van der Waals surface area contributed by atoms with E-state index in [1.165, 1.54) is 0 Å². The van der Waals surface area contributed by atoms with E-state index in [9.17, 15) is 5.11 Å². The van der Waals surface area contributed by atoms with E-state index in [2.05, 4.69) is 4.98 Å². The van der Waals surface area contributed by atoms with Gasteiger partial charge in [-0.05, 0) is 38.2 Å². The summed E-state index contributed by atoms with van der Waals surface area (Å²) in [5, 5.41) is 10.00. The fourth-order valence-corrected chi connectivity index (χ4v) is 2.00. The van der Waals surface area contributed by atoms with Crippen molar-refractivity contribution in [3.8, 4) is 11.3 Å². The van der Waals surface area contributed by atoms with Crippen LogP contribution in [0.5, 0.6) is 0 Å². The Hall–Kier alpha value is -1.36. The zero-order chi connectivity index (χ0) is 13.8. The van der Waals surface area contributed by atoms with Crippen molar-refractivity contribution in [3.05, 3.63) is 41.4 Å². The van der Waals surface area contributed by atoms with Crippen LogP contribution in [-0.2, 0) is 6.54 Å². The molecule has 1 unspecified atom stereocenters. The van der Waals surface area contributed by atoms with E-state index in [0.29, 0.717) is 24.0 Å². The third-order valence-electron chi connectivity index (χ3n) is 2.66. The molecule has 1 heterocycles. The van der Waals surface area contributed by atoms with Gasteiger partial charge in [-0.2, -0.15) is 0 Å². The zero-order valence-electron chi connectivity index (χ0n) is 11.0. The molecule has 1 aromatic heterocycles. The minimum Gasteiger partial charge on any atom is -0.439 e. The van der Waals surface area contributed by atoms with E-state index >= 15 is 0 Å². The van der Waals surface area contributed by atoms with Gasteiger partial charge in [0.05, 0.1) is 18.8 Å². The highest BCUT2D eigenvalue weighted by atomic mass is 35.5. The van der Waals surface area contributed by atoms with E-state index < -0.39 is 0 Å². The average Bonchev–Trinajstić information content (AvgIpc) is 2.77. The van der Waals surface area contributed by atoms with Crippen LogP contribution < -0.4 is 0 Å². The van der Waals surface area contributed by atoms with E-state index in [-0.39, 0.29) is 6.10 Å². The Bertz CT molecular complexity index is 522. The molecule has 0 spiro atoms. The zero-order valence-corrected chi connectivity index (χ0v) is 11.8. The Morgan fingerprint density at radius 2 is 2.05 bits per heavy atom. The number of hydrogen-bond donors (Lipinski definition) is 1. The normalized spacial score (nSPS) is 12.9. The monoisotopic (exact) mass is 280 g/mol. The summed E-state index contributed by atoms with van der Waals surface area (Å²) in [6.45, 7) is 2.91. The highest BCUT2D eigenvalue weighted by Crippen LogP contribution is 2.22. The lowest BCUT2D eigenvalue weighted by Crippen LogP contribution is -2.26. The van der Waals surface area contributed by atoms with Gasteiger partial charge >= 0.3 is 0 Å². The Kier molecular flexibility index (Phi) is 4.58. The van der Waals surface area contributed by atoms with Crippen molar-refractivity contribution in [2.45, 2.75) is 19.6 Å². The van der Waals surface area contributed by atoms with Crippen LogP contribution in [0.4, 0.5) is 0 Å². The van der Waals surface area contributed by atoms with Gasteiger partial charge in [-0.1, -0.05) is 11.6 Å². The number of rotatable bonds is 5. The van der Waals surface area contributed by atoms with Crippen molar-refractivity contribution in [1.29, 1.82) is 0 Å². The quantitative estimate of drug-likeness (QED) is 0.915. The van der Waals surface area contributed by atoms with Crippen molar-refractivity contribution < 1.29 is 9.52 Å². The molecule has 0 saturated heterocycles. The first kappa shape index (κ1) is 14.1. The molecule has 4 nitrogen and oxygen atoms in total. The lowest BCUT2D eigenvalue weighted by atomic mass is 10.2. The molecule has 0 bridgehead atoms.